The molecule has 5 heteroatoms. The Balaban J connectivity index is 1.87. The standard InChI is InChI=1S/C17H13NO4/c1-10-7-8-12(11(2)9-10)17(21)22-18-15(19)13-5-3-4-6-14(13)16(18)20/h3-9H,1-2H3. The third kappa shape index (κ3) is 2.16. The summed E-state index contributed by atoms with van der Waals surface area (Å²) in [7, 11) is 0. The van der Waals surface area contributed by atoms with Gasteiger partial charge >= 0.3 is 5.97 Å². The van der Waals surface area contributed by atoms with Crippen LogP contribution in [0.1, 0.15) is 42.2 Å². The van der Waals surface area contributed by atoms with E-state index in [2.05, 4.69) is 0 Å². The molecule has 0 unspecified atom stereocenters. The summed E-state index contributed by atoms with van der Waals surface area (Å²) in [6, 6.07) is 11.6. The first-order valence-electron chi connectivity index (χ1n) is 6.76. The third-order valence-electron chi connectivity index (χ3n) is 3.53. The lowest BCUT2D eigenvalue weighted by molar-refractivity contribution is -0.0585. The van der Waals surface area contributed by atoms with Gasteiger partial charge in [-0.05, 0) is 37.6 Å². The van der Waals surface area contributed by atoms with Gasteiger partial charge in [0.25, 0.3) is 11.8 Å². The van der Waals surface area contributed by atoms with Gasteiger partial charge in [-0.3, -0.25) is 9.59 Å². The van der Waals surface area contributed by atoms with Crippen molar-refractivity contribution in [3.63, 3.8) is 0 Å². The predicted molar refractivity (Wildman–Crippen MR) is 78.3 cm³/mol. The molecule has 2 aromatic rings. The molecule has 0 atom stereocenters. The Kier molecular flexibility index (Phi) is 3.25. The molecule has 2 aromatic carbocycles. The van der Waals surface area contributed by atoms with Gasteiger partial charge in [0.1, 0.15) is 0 Å². The van der Waals surface area contributed by atoms with Gasteiger partial charge in [0.2, 0.25) is 0 Å². The first-order valence-corrected chi connectivity index (χ1v) is 6.76. The van der Waals surface area contributed by atoms with Crippen molar-refractivity contribution >= 4 is 17.8 Å². The van der Waals surface area contributed by atoms with Crippen LogP contribution in [0.25, 0.3) is 0 Å². The summed E-state index contributed by atoms with van der Waals surface area (Å²) in [5, 5.41) is 0.520. The number of fused-ring (bicyclic) bond motifs is 1. The zero-order valence-corrected chi connectivity index (χ0v) is 12.1. The first kappa shape index (κ1) is 14.0. The number of hydrogen-bond acceptors (Lipinski definition) is 4. The molecule has 0 saturated carbocycles. The molecule has 0 fully saturated rings. The lowest BCUT2D eigenvalue weighted by Crippen LogP contribution is -2.32. The highest BCUT2D eigenvalue weighted by Crippen LogP contribution is 2.23. The molecule has 0 N–H and O–H groups in total. The van der Waals surface area contributed by atoms with Crippen LogP contribution in [0.4, 0.5) is 0 Å². The molecule has 3 rings (SSSR count). The van der Waals surface area contributed by atoms with Gasteiger partial charge in [0.15, 0.2) is 0 Å². The lowest BCUT2D eigenvalue weighted by Gasteiger charge is -2.13. The van der Waals surface area contributed by atoms with Crippen molar-refractivity contribution in [2.75, 3.05) is 0 Å². The lowest BCUT2D eigenvalue weighted by atomic mass is 10.1. The molecule has 110 valence electrons. The van der Waals surface area contributed by atoms with Crippen LogP contribution >= 0.6 is 0 Å². The van der Waals surface area contributed by atoms with Crippen LogP contribution in [0, 0.1) is 13.8 Å². The number of hydrogen-bond donors (Lipinski definition) is 0. The topological polar surface area (TPSA) is 63.7 Å². The number of carbonyl (C=O) groups excluding carboxylic acids is 3. The van der Waals surface area contributed by atoms with E-state index in [1.807, 2.05) is 13.0 Å². The number of aryl methyl sites for hydroxylation is 2. The number of carbonyl (C=O) groups is 3. The van der Waals surface area contributed by atoms with E-state index in [1.165, 1.54) is 12.1 Å². The zero-order chi connectivity index (χ0) is 15.9. The number of benzene rings is 2. The molecule has 0 aromatic heterocycles. The van der Waals surface area contributed by atoms with Crippen molar-refractivity contribution in [3.05, 3.63) is 70.3 Å². The van der Waals surface area contributed by atoms with E-state index in [-0.39, 0.29) is 11.1 Å². The monoisotopic (exact) mass is 295 g/mol. The molecule has 22 heavy (non-hydrogen) atoms. The van der Waals surface area contributed by atoms with Gasteiger partial charge in [-0.2, -0.15) is 0 Å². The van der Waals surface area contributed by atoms with Crippen LogP contribution in [0.2, 0.25) is 0 Å². The summed E-state index contributed by atoms with van der Waals surface area (Å²) in [6.07, 6.45) is 0. The molecule has 2 amide bonds. The van der Waals surface area contributed by atoms with Gasteiger partial charge in [-0.25, -0.2) is 4.79 Å². The molecule has 0 spiro atoms. The maximum absolute atomic E-state index is 12.2. The Morgan fingerprint density at radius 1 is 0.955 bits per heavy atom. The minimum absolute atomic E-state index is 0.237. The fraction of sp³-hybridized carbons (Fsp3) is 0.118. The molecular formula is C17H13NO4. The SMILES string of the molecule is Cc1ccc(C(=O)ON2C(=O)c3ccccc3C2=O)c(C)c1. The van der Waals surface area contributed by atoms with E-state index in [1.54, 1.807) is 31.2 Å². The van der Waals surface area contributed by atoms with Gasteiger partial charge in [-0.1, -0.05) is 34.9 Å². The number of imide groups is 1. The first-order chi connectivity index (χ1) is 10.5. The van der Waals surface area contributed by atoms with Crippen LogP contribution in [0.15, 0.2) is 42.5 Å². The van der Waals surface area contributed by atoms with E-state index in [9.17, 15) is 14.4 Å². The fourth-order valence-electron chi connectivity index (χ4n) is 2.42. The average molecular weight is 295 g/mol. The molecule has 0 bridgehead atoms. The summed E-state index contributed by atoms with van der Waals surface area (Å²) in [6.45, 7) is 3.68. The fourth-order valence-corrected chi connectivity index (χ4v) is 2.42. The number of hydroxylamine groups is 2. The van der Waals surface area contributed by atoms with Crippen molar-refractivity contribution in [1.29, 1.82) is 0 Å². The summed E-state index contributed by atoms with van der Waals surface area (Å²) in [5.74, 6) is -1.98. The van der Waals surface area contributed by atoms with Crippen molar-refractivity contribution in [2.45, 2.75) is 13.8 Å². The van der Waals surface area contributed by atoms with Crippen molar-refractivity contribution < 1.29 is 19.2 Å². The quantitative estimate of drug-likeness (QED) is 0.799. The number of nitrogens with zero attached hydrogens (tertiary/aromatic N) is 1. The minimum atomic E-state index is -0.730. The third-order valence-corrected chi connectivity index (χ3v) is 3.53. The Bertz CT molecular complexity index is 775. The van der Waals surface area contributed by atoms with E-state index >= 15 is 0 Å². The van der Waals surface area contributed by atoms with E-state index in [4.69, 9.17) is 4.84 Å². The largest absolute Gasteiger partial charge is 0.364 e. The van der Waals surface area contributed by atoms with E-state index < -0.39 is 17.8 Å². The maximum Gasteiger partial charge on any atom is 0.364 e. The Hall–Kier alpha value is -2.95. The van der Waals surface area contributed by atoms with Crippen molar-refractivity contribution in [3.8, 4) is 0 Å². The molecular weight excluding hydrogens is 282 g/mol. The van der Waals surface area contributed by atoms with E-state index in [0.29, 0.717) is 10.6 Å². The van der Waals surface area contributed by atoms with Gasteiger partial charge in [0.05, 0.1) is 16.7 Å². The van der Waals surface area contributed by atoms with Gasteiger partial charge in [-0.15, -0.1) is 0 Å². The summed E-state index contributed by atoms with van der Waals surface area (Å²) in [4.78, 5) is 41.5. The highest BCUT2D eigenvalue weighted by atomic mass is 16.7. The summed E-state index contributed by atoms with van der Waals surface area (Å²) in [5.41, 5.74) is 2.53. The van der Waals surface area contributed by atoms with Gasteiger partial charge in [0, 0.05) is 0 Å². The van der Waals surface area contributed by atoms with Crippen molar-refractivity contribution in [1.82, 2.24) is 5.06 Å². The summed E-state index contributed by atoms with van der Waals surface area (Å²) >= 11 is 0. The maximum atomic E-state index is 12.2. The average Bonchev–Trinajstić information content (AvgIpc) is 2.73. The number of rotatable bonds is 2. The molecule has 0 saturated heterocycles. The van der Waals surface area contributed by atoms with Crippen LogP contribution in [-0.4, -0.2) is 22.8 Å². The molecule has 1 aliphatic heterocycles. The molecule has 0 aliphatic carbocycles. The van der Waals surface area contributed by atoms with Crippen LogP contribution < -0.4 is 0 Å². The molecule has 5 nitrogen and oxygen atoms in total. The van der Waals surface area contributed by atoms with E-state index in [0.717, 1.165) is 11.1 Å². The summed E-state index contributed by atoms with van der Waals surface area (Å²) < 4.78 is 0. The van der Waals surface area contributed by atoms with Gasteiger partial charge < -0.3 is 4.84 Å². The smallest absolute Gasteiger partial charge is 0.324 e. The Labute approximate surface area is 127 Å². The van der Waals surface area contributed by atoms with Crippen LogP contribution in [0.5, 0.6) is 0 Å². The second-order valence-electron chi connectivity index (χ2n) is 5.15. The van der Waals surface area contributed by atoms with Crippen LogP contribution in [-0.2, 0) is 4.84 Å². The molecule has 1 heterocycles. The highest BCUT2D eigenvalue weighted by molar-refractivity contribution is 6.21. The Morgan fingerprint density at radius 2 is 1.55 bits per heavy atom. The predicted octanol–water partition coefficient (Wildman–Crippen LogP) is 2.67. The molecule has 0 radical (unpaired) electrons. The number of amides is 2. The Morgan fingerprint density at radius 3 is 2.09 bits per heavy atom. The zero-order valence-electron chi connectivity index (χ0n) is 12.1. The second-order valence-corrected chi connectivity index (χ2v) is 5.15. The van der Waals surface area contributed by atoms with Crippen LogP contribution in [0.3, 0.4) is 0 Å². The minimum Gasteiger partial charge on any atom is -0.324 e. The van der Waals surface area contributed by atoms with Crippen molar-refractivity contribution in [2.24, 2.45) is 0 Å². The highest BCUT2D eigenvalue weighted by Gasteiger charge is 2.38. The second kappa shape index (κ2) is 5.11. The molecule has 1 aliphatic rings. The normalized spacial score (nSPS) is 13.3.